The third kappa shape index (κ3) is 5.04. The molecule has 0 unspecified atom stereocenters. The molecule has 0 atom stereocenters. The Bertz CT molecular complexity index is 950. The lowest BCUT2D eigenvalue weighted by Crippen LogP contribution is -1.87. The summed E-state index contributed by atoms with van der Waals surface area (Å²) in [6.07, 6.45) is 7.74. The summed E-state index contributed by atoms with van der Waals surface area (Å²) in [6.45, 7) is 2.16. The highest BCUT2D eigenvalue weighted by molar-refractivity contribution is 7.13. The van der Waals surface area contributed by atoms with Gasteiger partial charge in [0.15, 0.2) is 11.6 Å². The summed E-state index contributed by atoms with van der Waals surface area (Å²) in [7, 11) is 0. The number of halogens is 3. The number of aryl methyl sites for hydroxylation is 1. The summed E-state index contributed by atoms with van der Waals surface area (Å²) in [5.41, 5.74) is 1.05. The van der Waals surface area contributed by atoms with Crippen molar-refractivity contribution in [2.24, 2.45) is 4.99 Å². The van der Waals surface area contributed by atoms with Gasteiger partial charge < -0.3 is 0 Å². The lowest BCUT2D eigenvalue weighted by atomic mass is 10.0. The molecule has 3 aromatic rings. The molecule has 27 heavy (non-hydrogen) atoms. The molecule has 0 aliphatic rings. The van der Waals surface area contributed by atoms with Crippen LogP contribution in [0.1, 0.15) is 36.1 Å². The number of hydrogen-bond donors (Lipinski definition) is 0. The topological polar surface area (TPSA) is 25.2 Å². The molecule has 3 rings (SSSR count). The van der Waals surface area contributed by atoms with Gasteiger partial charge in [-0.05, 0) is 48.2 Å². The van der Waals surface area contributed by atoms with E-state index in [0.29, 0.717) is 11.1 Å². The molecule has 0 bridgehead atoms. The van der Waals surface area contributed by atoms with Gasteiger partial charge in [0.2, 0.25) is 0 Å². The molecule has 0 aliphatic carbocycles. The molecule has 1 aromatic heterocycles. The Morgan fingerprint density at radius 3 is 2.41 bits per heavy atom. The lowest BCUT2D eigenvalue weighted by Gasteiger charge is -2.04. The van der Waals surface area contributed by atoms with Gasteiger partial charge in [-0.3, -0.25) is 4.99 Å². The smallest absolute Gasteiger partial charge is 0.159 e. The molecular formula is C21H19F3N2S. The first-order valence-corrected chi connectivity index (χ1v) is 9.62. The molecule has 1 heterocycles. The van der Waals surface area contributed by atoms with E-state index in [4.69, 9.17) is 0 Å². The summed E-state index contributed by atoms with van der Waals surface area (Å²) >= 11 is 1.55. The first kappa shape index (κ1) is 19.3. The number of aromatic nitrogens is 1. The van der Waals surface area contributed by atoms with Gasteiger partial charge in [-0.1, -0.05) is 31.9 Å². The van der Waals surface area contributed by atoms with Crippen LogP contribution in [0.5, 0.6) is 0 Å². The standard InChI is InChI=1S/C21H19F3N2S/c1-2-3-4-5-21-26-13-16(27-21)12-25-20-9-7-15(11-19(20)24)14-6-8-17(22)18(23)10-14/h6-13H,2-5H2,1H3. The number of aliphatic imine (C=N–C) groups is 1. The number of benzene rings is 2. The van der Waals surface area contributed by atoms with Crippen LogP contribution in [-0.2, 0) is 6.42 Å². The quantitative estimate of drug-likeness (QED) is 0.326. The predicted octanol–water partition coefficient (Wildman–Crippen LogP) is 6.71. The summed E-state index contributed by atoms with van der Waals surface area (Å²) in [5, 5.41) is 1.05. The van der Waals surface area contributed by atoms with Gasteiger partial charge in [-0.25, -0.2) is 18.2 Å². The van der Waals surface area contributed by atoms with Crippen molar-refractivity contribution in [1.82, 2.24) is 4.98 Å². The van der Waals surface area contributed by atoms with E-state index in [1.54, 1.807) is 29.8 Å². The zero-order valence-electron chi connectivity index (χ0n) is 14.9. The van der Waals surface area contributed by atoms with E-state index in [-0.39, 0.29) is 5.69 Å². The zero-order valence-corrected chi connectivity index (χ0v) is 15.7. The second-order valence-electron chi connectivity index (χ2n) is 6.17. The predicted molar refractivity (Wildman–Crippen MR) is 104 cm³/mol. The highest BCUT2D eigenvalue weighted by Crippen LogP contribution is 2.27. The summed E-state index contributed by atoms with van der Waals surface area (Å²) in [6, 6.07) is 7.90. The van der Waals surface area contributed by atoms with Crippen molar-refractivity contribution in [3.8, 4) is 11.1 Å². The third-order valence-corrected chi connectivity index (χ3v) is 5.09. The molecule has 6 heteroatoms. The first-order chi connectivity index (χ1) is 13.1. The van der Waals surface area contributed by atoms with Crippen molar-refractivity contribution in [2.45, 2.75) is 32.6 Å². The van der Waals surface area contributed by atoms with E-state index in [2.05, 4.69) is 16.9 Å². The van der Waals surface area contributed by atoms with Gasteiger partial charge in [-0.2, -0.15) is 0 Å². The summed E-state index contributed by atoms with van der Waals surface area (Å²) in [5.74, 6) is -2.42. The highest BCUT2D eigenvalue weighted by atomic mass is 32.1. The Balaban J connectivity index is 1.72. The Hall–Kier alpha value is -2.47. The summed E-state index contributed by atoms with van der Waals surface area (Å²) < 4.78 is 40.7. The summed E-state index contributed by atoms with van der Waals surface area (Å²) in [4.78, 5) is 9.41. The fraction of sp³-hybridized carbons (Fsp3) is 0.238. The Morgan fingerprint density at radius 2 is 1.70 bits per heavy atom. The average molecular weight is 388 g/mol. The van der Waals surface area contributed by atoms with Gasteiger partial charge in [0.1, 0.15) is 5.82 Å². The van der Waals surface area contributed by atoms with Crippen LogP contribution < -0.4 is 0 Å². The molecule has 0 amide bonds. The fourth-order valence-corrected chi connectivity index (χ4v) is 3.46. The minimum atomic E-state index is -0.963. The van der Waals surface area contributed by atoms with Gasteiger partial charge in [0.05, 0.1) is 15.6 Å². The molecule has 0 saturated heterocycles. The van der Waals surface area contributed by atoms with Crippen molar-refractivity contribution < 1.29 is 13.2 Å². The Morgan fingerprint density at radius 1 is 0.963 bits per heavy atom. The normalized spacial score (nSPS) is 11.4. The van der Waals surface area contributed by atoms with Crippen LogP contribution in [0.3, 0.4) is 0 Å². The van der Waals surface area contributed by atoms with E-state index in [1.807, 2.05) is 0 Å². The monoisotopic (exact) mass is 388 g/mol. The van der Waals surface area contributed by atoms with Crippen molar-refractivity contribution in [3.63, 3.8) is 0 Å². The van der Waals surface area contributed by atoms with Gasteiger partial charge >= 0.3 is 0 Å². The highest BCUT2D eigenvalue weighted by Gasteiger charge is 2.08. The van der Waals surface area contributed by atoms with Gasteiger partial charge in [0, 0.05) is 12.4 Å². The maximum atomic E-state index is 14.3. The second-order valence-corrected chi connectivity index (χ2v) is 7.31. The Kier molecular flexibility index (Phi) is 6.40. The van der Waals surface area contributed by atoms with Crippen LogP contribution >= 0.6 is 11.3 Å². The number of thiazole rings is 1. The molecule has 2 aromatic carbocycles. The zero-order chi connectivity index (χ0) is 19.2. The molecule has 0 radical (unpaired) electrons. The minimum absolute atomic E-state index is 0.183. The molecule has 0 N–H and O–H groups in total. The molecule has 140 valence electrons. The van der Waals surface area contributed by atoms with Crippen LogP contribution in [0.15, 0.2) is 47.6 Å². The number of unbranched alkanes of at least 4 members (excludes halogenated alkanes) is 2. The maximum Gasteiger partial charge on any atom is 0.159 e. The maximum absolute atomic E-state index is 14.3. The minimum Gasteiger partial charge on any atom is -0.252 e. The third-order valence-electron chi connectivity index (χ3n) is 4.10. The largest absolute Gasteiger partial charge is 0.252 e. The van der Waals surface area contributed by atoms with E-state index in [9.17, 15) is 13.2 Å². The van der Waals surface area contributed by atoms with Crippen LogP contribution in [0.25, 0.3) is 11.1 Å². The van der Waals surface area contributed by atoms with Crippen LogP contribution in [-0.4, -0.2) is 11.2 Å². The SMILES string of the molecule is CCCCCc1ncc(C=Nc2ccc(-c3ccc(F)c(F)c3)cc2F)s1. The van der Waals surface area contributed by atoms with Crippen molar-refractivity contribution in [3.05, 3.63) is 69.9 Å². The van der Waals surface area contributed by atoms with Gasteiger partial charge in [0.25, 0.3) is 0 Å². The van der Waals surface area contributed by atoms with Crippen LogP contribution in [0, 0.1) is 17.5 Å². The van der Waals surface area contributed by atoms with Crippen molar-refractivity contribution >= 4 is 23.2 Å². The number of nitrogens with zero attached hydrogens (tertiary/aromatic N) is 2. The molecule has 0 aliphatic heterocycles. The fourth-order valence-electron chi connectivity index (χ4n) is 2.63. The van der Waals surface area contributed by atoms with E-state index < -0.39 is 17.5 Å². The molecule has 0 spiro atoms. The lowest BCUT2D eigenvalue weighted by molar-refractivity contribution is 0.509. The first-order valence-electron chi connectivity index (χ1n) is 8.80. The van der Waals surface area contributed by atoms with Crippen molar-refractivity contribution in [1.29, 1.82) is 0 Å². The van der Waals surface area contributed by atoms with Gasteiger partial charge in [-0.15, -0.1) is 11.3 Å². The number of rotatable bonds is 7. The van der Waals surface area contributed by atoms with Crippen molar-refractivity contribution in [2.75, 3.05) is 0 Å². The number of hydrogen-bond acceptors (Lipinski definition) is 3. The molecule has 0 saturated carbocycles. The van der Waals surface area contributed by atoms with E-state index >= 15 is 0 Å². The van der Waals surface area contributed by atoms with Crippen LogP contribution in [0.4, 0.5) is 18.9 Å². The van der Waals surface area contributed by atoms with E-state index in [0.717, 1.165) is 34.9 Å². The van der Waals surface area contributed by atoms with E-state index in [1.165, 1.54) is 31.0 Å². The second kappa shape index (κ2) is 8.95. The Labute approximate surface area is 160 Å². The molecular weight excluding hydrogens is 369 g/mol. The molecule has 2 nitrogen and oxygen atoms in total. The molecule has 0 fully saturated rings. The average Bonchev–Trinajstić information content (AvgIpc) is 3.11. The van der Waals surface area contributed by atoms with Crippen LogP contribution in [0.2, 0.25) is 0 Å².